The smallest absolute Gasteiger partial charge is 0.191 e. The van der Waals surface area contributed by atoms with Gasteiger partial charge in [0, 0.05) is 39.1 Å². The summed E-state index contributed by atoms with van der Waals surface area (Å²) in [7, 11) is 1.81. The maximum Gasteiger partial charge on any atom is 0.191 e. The van der Waals surface area contributed by atoms with E-state index in [4.69, 9.17) is 0 Å². The Morgan fingerprint density at radius 3 is 2.57 bits per heavy atom. The molecule has 0 fully saturated rings. The Balaban J connectivity index is 1.52. The number of aryl methyl sites for hydroxylation is 1. The molecule has 1 unspecified atom stereocenters. The van der Waals surface area contributed by atoms with Crippen molar-refractivity contribution in [3.63, 3.8) is 0 Å². The van der Waals surface area contributed by atoms with Crippen LogP contribution in [-0.4, -0.2) is 29.1 Å². The molecule has 2 N–H and O–H groups in total. The summed E-state index contributed by atoms with van der Waals surface area (Å²) in [6.45, 7) is 6.65. The molecule has 0 aliphatic heterocycles. The first-order chi connectivity index (χ1) is 13.7. The quantitative estimate of drug-likeness (QED) is 0.489. The zero-order valence-corrected chi connectivity index (χ0v) is 16.9. The van der Waals surface area contributed by atoms with E-state index in [1.54, 1.807) is 7.05 Å². The second kappa shape index (κ2) is 9.74. The van der Waals surface area contributed by atoms with Gasteiger partial charge in [0.05, 0.1) is 0 Å². The fourth-order valence-electron chi connectivity index (χ4n) is 3.16. The second-order valence-electron chi connectivity index (χ2n) is 7.04. The predicted octanol–water partition coefficient (Wildman–Crippen LogP) is 3.71. The highest BCUT2D eigenvalue weighted by Crippen LogP contribution is 2.13. The van der Waals surface area contributed by atoms with Gasteiger partial charge in [-0.1, -0.05) is 61.5 Å². The van der Waals surface area contributed by atoms with Gasteiger partial charge < -0.3 is 15.2 Å². The van der Waals surface area contributed by atoms with Crippen LogP contribution < -0.4 is 10.6 Å². The lowest BCUT2D eigenvalue weighted by molar-refractivity contribution is 0.698. The summed E-state index contributed by atoms with van der Waals surface area (Å²) in [5.74, 6) is 2.26. The van der Waals surface area contributed by atoms with Gasteiger partial charge in [0.15, 0.2) is 5.96 Å². The average Bonchev–Trinajstić information content (AvgIpc) is 3.13. The summed E-state index contributed by atoms with van der Waals surface area (Å²) in [5, 5.41) is 6.83. The maximum atomic E-state index is 4.35. The lowest BCUT2D eigenvalue weighted by Gasteiger charge is -2.16. The highest BCUT2D eigenvalue weighted by Gasteiger charge is 2.06. The molecule has 0 saturated carbocycles. The molecule has 28 heavy (non-hydrogen) atoms. The zero-order valence-electron chi connectivity index (χ0n) is 16.9. The number of nitrogens with zero attached hydrogens (tertiary/aromatic N) is 3. The second-order valence-corrected chi connectivity index (χ2v) is 7.04. The van der Waals surface area contributed by atoms with Crippen LogP contribution in [0.4, 0.5) is 0 Å². The van der Waals surface area contributed by atoms with Crippen molar-refractivity contribution in [2.45, 2.75) is 32.9 Å². The standard InChI is InChI=1S/C23H29N5/c1-18(22-10-5-4-6-11-22)15-26-23(24-3)27-16-20-8-7-9-21(14-20)17-28-13-12-25-19(28)2/h4-14,18H,15-17H2,1-3H3,(H2,24,26,27). The molecular weight excluding hydrogens is 346 g/mol. The first kappa shape index (κ1) is 19.7. The molecule has 0 bridgehead atoms. The normalized spacial score (nSPS) is 12.6. The first-order valence-corrected chi connectivity index (χ1v) is 9.70. The number of hydrogen-bond donors (Lipinski definition) is 2. The van der Waals surface area contributed by atoms with Crippen LogP contribution in [0.2, 0.25) is 0 Å². The minimum Gasteiger partial charge on any atom is -0.356 e. The molecule has 3 rings (SSSR count). The van der Waals surface area contributed by atoms with E-state index in [1.807, 2.05) is 25.4 Å². The number of rotatable bonds is 7. The van der Waals surface area contributed by atoms with Crippen LogP contribution in [0.15, 0.2) is 72.0 Å². The Kier molecular flexibility index (Phi) is 6.84. The number of aliphatic imine (C=N–C) groups is 1. The van der Waals surface area contributed by atoms with Gasteiger partial charge in [-0.3, -0.25) is 4.99 Å². The van der Waals surface area contributed by atoms with Gasteiger partial charge in [-0.15, -0.1) is 0 Å². The van der Waals surface area contributed by atoms with Gasteiger partial charge in [0.1, 0.15) is 5.82 Å². The molecule has 1 aromatic heterocycles. The molecule has 3 aromatic rings. The number of nitrogens with one attached hydrogen (secondary N) is 2. The van der Waals surface area contributed by atoms with Crippen LogP contribution in [0, 0.1) is 6.92 Å². The summed E-state index contributed by atoms with van der Waals surface area (Å²) in [4.78, 5) is 8.63. The van der Waals surface area contributed by atoms with E-state index in [1.165, 1.54) is 16.7 Å². The van der Waals surface area contributed by atoms with Gasteiger partial charge >= 0.3 is 0 Å². The van der Waals surface area contributed by atoms with Gasteiger partial charge in [-0.25, -0.2) is 4.98 Å². The SMILES string of the molecule is CN=C(NCc1cccc(Cn2ccnc2C)c1)NCC(C)c1ccccc1. The lowest BCUT2D eigenvalue weighted by atomic mass is 10.0. The summed E-state index contributed by atoms with van der Waals surface area (Å²) in [6.07, 6.45) is 3.85. The largest absolute Gasteiger partial charge is 0.356 e. The third kappa shape index (κ3) is 5.46. The molecule has 0 amide bonds. The summed E-state index contributed by atoms with van der Waals surface area (Å²) < 4.78 is 2.15. The number of aromatic nitrogens is 2. The monoisotopic (exact) mass is 375 g/mol. The average molecular weight is 376 g/mol. The lowest BCUT2D eigenvalue weighted by Crippen LogP contribution is -2.38. The minimum atomic E-state index is 0.418. The minimum absolute atomic E-state index is 0.418. The Bertz CT molecular complexity index is 898. The highest BCUT2D eigenvalue weighted by atomic mass is 15.2. The molecule has 1 atom stereocenters. The van der Waals surface area contributed by atoms with Crippen LogP contribution >= 0.6 is 0 Å². The Morgan fingerprint density at radius 1 is 1.07 bits per heavy atom. The first-order valence-electron chi connectivity index (χ1n) is 9.70. The van der Waals surface area contributed by atoms with Crippen molar-refractivity contribution in [1.29, 1.82) is 0 Å². The van der Waals surface area contributed by atoms with Crippen LogP contribution in [-0.2, 0) is 13.1 Å². The van der Waals surface area contributed by atoms with Gasteiger partial charge in [0.25, 0.3) is 0 Å². The topological polar surface area (TPSA) is 54.2 Å². The molecule has 0 radical (unpaired) electrons. The third-order valence-electron chi connectivity index (χ3n) is 4.90. The fraction of sp³-hybridized carbons (Fsp3) is 0.304. The van der Waals surface area contributed by atoms with Crippen LogP contribution in [0.5, 0.6) is 0 Å². The van der Waals surface area contributed by atoms with Crippen molar-refractivity contribution >= 4 is 5.96 Å². The van der Waals surface area contributed by atoms with Gasteiger partial charge in [-0.05, 0) is 29.5 Å². The van der Waals surface area contributed by atoms with Crippen molar-refractivity contribution < 1.29 is 0 Å². The van der Waals surface area contributed by atoms with E-state index < -0.39 is 0 Å². The molecule has 0 saturated heterocycles. The summed E-state index contributed by atoms with van der Waals surface area (Å²) >= 11 is 0. The molecule has 1 heterocycles. The van der Waals surface area contributed by atoms with Crippen molar-refractivity contribution in [3.05, 3.63) is 89.5 Å². The van der Waals surface area contributed by atoms with Gasteiger partial charge in [-0.2, -0.15) is 0 Å². The molecule has 0 spiro atoms. The molecule has 5 nitrogen and oxygen atoms in total. The molecule has 0 aliphatic rings. The van der Waals surface area contributed by atoms with Crippen molar-refractivity contribution in [1.82, 2.24) is 20.2 Å². The highest BCUT2D eigenvalue weighted by molar-refractivity contribution is 5.79. The molecule has 5 heteroatoms. The molecular formula is C23H29N5. The van der Waals surface area contributed by atoms with Crippen molar-refractivity contribution in [2.75, 3.05) is 13.6 Å². The Labute approximate surface area is 167 Å². The maximum absolute atomic E-state index is 4.35. The van der Waals surface area contributed by atoms with E-state index in [0.29, 0.717) is 5.92 Å². The number of imidazole rings is 1. The summed E-state index contributed by atoms with van der Waals surface area (Å²) in [6, 6.07) is 19.2. The Morgan fingerprint density at radius 2 is 1.86 bits per heavy atom. The van der Waals surface area contributed by atoms with E-state index >= 15 is 0 Å². The van der Waals surface area contributed by atoms with E-state index in [9.17, 15) is 0 Å². The molecule has 2 aromatic carbocycles. The number of benzene rings is 2. The predicted molar refractivity (Wildman–Crippen MR) is 116 cm³/mol. The van der Waals surface area contributed by atoms with E-state index in [2.05, 4.69) is 80.6 Å². The summed E-state index contributed by atoms with van der Waals surface area (Å²) in [5.41, 5.74) is 3.82. The van der Waals surface area contributed by atoms with Crippen LogP contribution in [0.3, 0.4) is 0 Å². The fourth-order valence-corrected chi connectivity index (χ4v) is 3.16. The third-order valence-corrected chi connectivity index (χ3v) is 4.90. The van der Waals surface area contributed by atoms with Gasteiger partial charge in [0.2, 0.25) is 0 Å². The Hall–Kier alpha value is -3.08. The number of guanidine groups is 1. The number of hydrogen-bond acceptors (Lipinski definition) is 2. The van der Waals surface area contributed by atoms with Crippen LogP contribution in [0.1, 0.15) is 35.4 Å². The van der Waals surface area contributed by atoms with Crippen molar-refractivity contribution in [3.8, 4) is 0 Å². The molecule has 0 aliphatic carbocycles. The van der Waals surface area contributed by atoms with E-state index in [-0.39, 0.29) is 0 Å². The van der Waals surface area contributed by atoms with Crippen LogP contribution in [0.25, 0.3) is 0 Å². The molecule has 146 valence electrons. The van der Waals surface area contributed by atoms with Crippen molar-refractivity contribution in [2.24, 2.45) is 4.99 Å². The van der Waals surface area contributed by atoms with E-state index in [0.717, 1.165) is 31.4 Å². The zero-order chi connectivity index (χ0) is 19.8.